The number of benzene rings is 2. The van der Waals surface area contributed by atoms with Gasteiger partial charge in [-0.25, -0.2) is 5.43 Å². The number of hydrogen-bond donors (Lipinski definition) is 1. The van der Waals surface area contributed by atoms with E-state index >= 15 is 0 Å². The summed E-state index contributed by atoms with van der Waals surface area (Å²) in [6, 6.07) is 12.8. The van der Waals surface area contributed by atoms with E-state index in [-0.39, 0.29) is 12.7 Å². The van der Waals surface area contributed by atoms with Crippen LogP contribution in [0.3, 0.4) is 0 Å². The van der Waals surface area contributed by atoms with E-state index in [2.05, 4.69) is 26.5 Å². The van der Waals surface area contributed by atoms with E-state index in [1.807, 2.05) is 30.3 Å². The van der Waals surface area contributed by atoms with Crippen LogP contribution in [0.1, 0.15) is 17.2 Å². The molecule has 2 aromatic rings. The lowest BCUT2D eigenvalue weighted by Crippen LogP contribution is -2.26. The molecule has 0 spiro atoms. The van der Waals surface area contributed by atoms with Crippen LogP contribution in [0.5, 0.6) is 11.5 Å². The molecule has 0 bridgehead atoms. The highest BCUT2D eigenvalue weighted by molar-refractivity contribution is 9.10. The van der Waals surface area contributed by atoms with Crippen molar-refractivity contribution in [2.75, 3.05) is 13.9 Å². The number of hydrazone groups is 1. The van der Waals surface area contributed by atoms with Crippen molar-refractivity contribution in [3.05, 3.63) is 58.1 Å². The number of halogens is 1. The van der Waals surface area contributed by atoms with Crippen LogP contribution >= 0.6 is 15.9 Å². The van der Waals surface area contributed by atoms with Crippen molar-refractivity contribution in [2.45, 2.75) is 6.10 Å². The van der Waals surface area contributed by atoms with E-state index in [1.54, 1.807) is 12.1 Å². The van der Waals surface area contributed by atoms with Crippen molar-refractivity contribution in [2.24, 2.45) is 5.10 Å². The Bertz CT molecular complexity index is 765. The van der Waals surface area contributed by atoms with Gasteiger partial charge in [0.1, 0.15) is 0 Å². The molecule has 0 fully saturated rings. The molecule has 0 radical (unpaired) electrons. The zero-order chi connectivity index (χ0) is 16.9. The lowest BCUT2D eigenvalue weighted by atomic mass is 10.1. The fraction of sp³-hybridized carbons (Fsp3) is 0.176. The molecule has 1 aliphatic rings. The van der Waals surface area contributed by atoms with Crippen LogP contribution in [0, 0.1) is 0 Å². The number of nitrogens with zero attached hydrogens (tertiary/aromatic N) is 1. The number of nitrogens with one attached hydrogen (secondary N) is 1. The number of rotatable bonds is 5. The molecule has 124 valence electrons. The first-order valence-electron chi connectivity index (χ1n) is 7.19. The molecule has 0 saturated carbocycles. The summed E-state index contributed by atoms with van der Waals surface area (Å²) in [5.74, 6) is 0.966. The average molecular weight is 391 g/mol. The van der Waals surface area contributed by atoms with Crippen molar-refractivity contribution in [3.63, 3.8) is 0 Å². The lowest BCUT2D eigenvalue weighted by Gasteiger charge is -2.13. The Morgan fingerprint density at radius 1 is 1.29 bits per heavy atom. The molecular formula is C17H15BrN2O4. The van der Waals surface area contributed by atoms with Crippen molar-refractivity contribution in [3.8, 4) is 11.5 Å². The second-order valence-corrected chi connectivity index (χ2v) is 5.84. The maximum Gasteiger partial charge on any atom is 0.273 e. The minimum Gasteiger partial charge on any atom is -0.454 e. The molecule has 1 amide bonds. The third-order valence-electron chi connectivity index (χ3n) is 3.45. The summed E-state index contributed by atoms with van der Waals surface area (Å²) in [5, 5.41) is 3.99. The zero-order valence-electron chi connectivity index (χ0n) is 12.9. The quantitative estimate of drug-likeness (QED) is 0.629. The third-order valence-corrected chi connectivity index (χ3v) is 4.13. The predicted molar refractivity (Wildman–Crippen MR) is 92.2 cm³/mol. The molecule has 7 heteroatoms. The molecule has 0 aliphatic carbocycles. The monoisotopic (exact) mass is 390 g/mol. The Hall–Kier alpha value is -2.38. The first-order chi connectivity index (χ1) is 11.7. The number of methoxy groups -OCH3 is 1. The summed E-state index contributed by atoms with van der Waals surface area (Å²) in [6.07, 6.45) is 0.810. The van der Waals surface area contributed by atoms with Crippen LogP contribution in [0.15, 0.2) is 52.0 Å². The van der Waals surface area contributed by atoms with E-state index in [9.17, 15) is 4.79 Å². The number of hydrogen-bond acceptors (Lipinski definition) is 5. The van der Waals surface area contributed by atoms with Gasteiger partial charge in [-0.05, 0) is 33.6 Å². The number of ether oxygens (including phenoxy) is 3. The fourth-order valence-corrected chi connectivity index (χ4v) is 2.70. The SMILES string of the molecule is CO[C@H](C(=O)NN=Cc1cc2c(cc1Br)OCO2)c1ccccc1. The number of amides is 1. The van der Waals surface area contributed by atoms with E-state index in [0.717, 1.165) is 15.6 Å². The maximum absolute atomic E-state index is 12.2. The molecule has 0 saturated heterocycles. The van der Waals surface area contributed by atoms with Crippen molar-refractivity contribution in [1.29, 1.82) is 0 Å². The molecule has 3 rings (SSSR count). The van der Waals surface area contributed by atoms with E-state index in [1.165, 1.54) is 13.3 Å². The standard InChI is InChI=1S/C17H15BrN2O4/c1-22-16(11-5-3-2-4-6-11)17(21)20-19-9-12-7-14-15(8-13(12)18)24-10-23-14/h2-9,16H,10H2,1H3,(H,20,21)/t16-/m0/s1. The van der Waals surface area contributed by atoms with Crippen molar-refractivity contribution < 1.29 is 19.0 Å². The normalized spacial score (nSPS) is 13.9. The van der Waals surface area contributed by atoms with Gasteiger partial charge in [-0.3, -0.25) is 4.79 Å². The second kappa shape index (κ2) is 7.46. The van der Waals surface area contributed by atoms with E-state index in [4.69, 9.17) is 14.2 Å². The Kier molecular flexibility index (Phi) is 5.12. The summed E-state index contributed by atoms with van der Waals surface area (Å²) in [7, 11) is 1.48. The first kappa shape index (κ1) is 16.5. The average Bonchev–Trinajstić information content (AvgIpc) is 3.04. The van der Waals surface area contributed by atoms with Gasteiger partial charge in [-0.2, -0.15) is 5.10 Å². The summed E-state index contributed by atoms with van der Waals surface area (Å²) < 4.78 is 16.7. The number of fused-ring (bicyclic) bond motifs is 1. The summed E-state index contributed by atoms with van der Waals surface area (Å²) >= 11 is 3.43. The first-order valence-corrected chi connectivity index (χ1v) is 7.98. The largest absolute Gasteiger partial charge is 0.454 e. The predicted octanol–water partition coefficient (Wildman–Crippen LogP) is 3.02. The molecule has 1 atom stereocenters. The van der Waals surface area contributed by atoms with Gasteiger partial charge in [0.2, 0.25) is 6.79 Å². The molecular weight excluding hydrogens is 376 g/mol. The molecule has 1 N–H and O–H groups in total. The lowest BCUT2D eigenvalue weighted by molar-refractivity contribution is -0.131. The van der Waals surface area contributed by atoms with Crippen LogP contribution in [-0.2, 0) is 9.53 Å². The summed E-state index contributed by atoms with van der Waals surface area (Å²) in [6.45, 7) is 0.200. The van der Waals surface area contributed by atoms with Crippen LogP contribution in [0.4, 0.5) is 0 Å². The molecule has 0 aromatic heterocycles. The van der Waals surface area contributed by atoms with Crippen LogP contribution in [0.2, 0.25) is 0 Å². The number of carbonyl (C=O) groups is 1. The van der Waals surface area contributed by atoms with Gasteiger partial charge >= 0.3 is 0 Å². The van der Waals surface area contributed by atoms with Gasteiger partial charge in [0.25, 0.3) is 5.91 Å². The van der Waals surface area contributed by atoms with Crippen LogP contribution < -0.4 is 14.9 Å². The van der Waals surface area contributed by atoms with Gasteiger partial charge in [-0.15, -0.1) is 0 Å². The zero-order valence-corrected chi connectivity index (χ0v) is 14.4. The third kappa shape index (κ3) is 3.58. The van der Waals surface area contributed by atoms with Crippen LogP contribution in [-0.4, -0.2) is 26.0 Å². The van der Waals surface area contributed by atoms with Gasteiger partial charge in [0.15, 0.2) is 17.6 Å². The Labute approximate surface area is 147 Å². The van der Waals surface area contributed by atoms with E-state index in [0.29, 0.717) is 11.5 Å². The Morgan fingerprint density at radius 2 is 2.00 bits per heavy atom. The second-order valence-electron chi connectivity index (χ2n) is 4.99. The molecule has 0 unspecified atom stereocenters. The van der Waals surface area contributed by atoms with Gasteiger partial charge in [0.05, 0.1) is 6.21 Å². The van der Waals surface area contributed by atoms with Gasteiger partial charge in [-0.1, -0.05) is 30.3 Å². The van der Waals surface area contributed by atoms with Crippen molar-refractivity contribution >= 4 is 28.1 Å². The molecule has 2 aromatic carbocycles. The molecule has 1 aliphatic heterocycles. The smallest absolute Gasteiger partial charge is 0.273 e. The summed E-state index contributed by atoms with van der Waals surface area (Å²) in [5.41, 5.74) is 4.01. The van der Waals surface area contributed by atoms with E-state index < -0.39 is 6.10 Å². The Morgan fingerprint density at radius 3 is 2.71 bits per heavy atom. The van der Waals surface area contributed by atoms with Gasteiger partial charge < -0.3 is 14.2 Å². The van der Waals surface area contributed by atoms with Crippen LogP contribution in [0.25, 0.3) is 0 Å². The highest BCUT2D eigenvalue weighted by atomic mass is 79.9. The minimum atomic E-state index is -0.719. The fourth-order valence-electron chi connectivity index (χ4n) is 2.28. The molecule has 6 nitrogen and oxygen atoms in total. The highest BCUT2D eigenvalue weighted by Gasteiger charge is 2.19. The topological polar surface area (TPSA) is 69.2 Å². The molecule has 1 heterocycles. The van der Waals surface area contributed by atoms with Gasteiger partial charge in [0, 0.05) is 17.1 Å². The van der Waals surface area contributed by atoms with Crippen molar-refractivity contribution in [1.82, 2.24) is 5.43 Å². The highest BCUT2D eigenvalue weighted by Crippen LogP contribution is 2.36. The maximum atomic E-state index is 12.2. The minimum absolute atomic E-state index is 0.200. The Balaban J connectivity index is 1.69. The summed E-state index contributed by atoms with van der Waals surface area (Å²) in [4.78, 5) is 12.2. The molecule has 24 heavy (non-hydrogen) atoms. The number of carbonyl (C=O) groups excluding carboxylic acids is 1.